The molecule has 1 fully saturated rings. The van der Waals surface area contributed by atoms with Crippen LogP contribution in [0.1, 0.15) is 60.0 Å². The fraction of sp³-hybridized carbons (Fsp3) is 0.526. The SMILES string of the molecule is Cc1noc(C(C)C)c1C(=O)NC1CCN(Cc2ccncc2)CC1. The van der Waals surface area contributed by atoms with Gasteiger partial charge in [0.2, 0.25) is 0 Å². The molecule has 0 saturated carbocycles. The van der Waals surface area contributed by atoms with E-state index in [-0.39, 0.29) is 17.9 Å². The van der Waals surface area contributed by atoms with E-state index in [9.17, 15) is 4.79 Å². The van der Waals surface area contributed by atoms with Gasteiger partial charge in [0, 0.05) is 44.0 Å². The van der Waals surface area contributed by atoms with E-state index in [1.807, 2.05) is 33.2 Å². The molecule has 1 saturated heterocycles. The quantitative estimate of drug-likeness (QED) is 0.904. The number of hydrogen-bond donors (Lipinski definition) is 1. The topological polar surface area (TPSA) is 71.3 Å². The minimum atomic E-state index is -0.0602. The van der Waals surface area contributed by atoms with Gasteiger partial charge in [0.05, 0.1) is 5.69 Å². The molecule has 1 N–H and O–H groups in total. The zero-order chi connectivity index (χ0) is 17.8. The lowest BCUT2D eigenvalue weighted by Gasteiger charge is -2.32. The molecule has 0 aliphatic carbocycles. The molecule has 0 atom stereocenters. The van der Waals surface area contributed by atoms with Crippen molar-refractivity contribution in [3.63, 3.8) is 0 Å². The molecule has 2 aromatic rings. The Labute approximate surface area is 148 Å². The number of likely N-dealkylation sites (tertiary alicyclic amines) is 1. The molecule has 0 radical (unpaired) electrons. The van der Waals surface area contributed by atoms with E-state index >= 15 is 0 Å². The number of rotatable bonds is 5. The predicted octanol–water partition coefficient (Wildman–Crippen LogP) is 2.90. The molecule has 2 aromatic heterocycles. The molecule has 3 heterocycles. The highest BCUT2D eigenvalue weighted by Gasteiger charge is 2.26. The summed E-state index contributed by atoms with van der Waals surface area (Å²) in [5.41, 5.74) is 2.55. The molecule has 3 rings (SSSR count). The highest BCUT2D eigenvalue weighted by Crippen LogP contribution is 2.23. The number of amides is 1. The molecule has 0 bridgehead atoms. The maximum absolute atomic E-state index is 12.7. The molecular weight excluding hydrogens is 316 g/mol. The van der Waals surface area contributed by atoms with E-state index in [0.717, 1.165) is 32.5 Å². The molecule has 1 aliphatic rings. The van der Waals surface area contributed by atoms with Crippen LogP contribution in [0.3, 0.4) is 0 Å². The minimum absolute atomic E-state index is 0.0602. The Morgan fingerprint density at radius 2 is 2.00 bits per heavy atom. The zero-order valence-corrected chi connectivity index (χ0v) is 15.2. The van der Waals surface area contributed by atoms with Crippen LogP contribution in [0.5, 0.6) is 0 Å². The van der Waals surface area contributed by atoms with E-state index < -0.39 is 0 Å². The first kappa shape index (κ1) is 17.6. The fourth-order valence-corrected chi connectivity index (χ4v) is 3.30. The van der Waals surface area contributed by atoms with Crippen molar-refractivity contribution in [2.45, 2.75) is 52.1 Å². The van der Waals surface area contributed by atoms with Crippen molar-refractivity contribution in [1.29, 1.82) is 0 Å². The summed E-state index contributed by atoms with van der Waals surface area (Å²) in [6, 6.07) is 4.31. The number of hydrogen-bond acceptors (Lipinski definition) is 5. The second-order valence-electron chi connectivity index (χ2n) is 7.04. The van der Waals surface area contributed by atoms with Crippen LogP contribution in [-0.2, 0) is 6.54 Å². The summed E-state index contributed by atoms with van der Waals surface area (Å²) >= 11 is 0. The van der Waals surface area contributed by atoms with Crippen LogP contribution >= 0.6 is 0 Å². The van der Waals surface area contributed by atoms with Crippen LogP contribution < -0.4 is 5.32 Å². The second-order valence-corrected chi connectivity index (χ2v) is 7.04. The maximum Gasteiger partial charge on any atom is 0.257 e. The fourth-order valence-electron chi connectivity index (χ4n) is 3.30. The lowest BCUT2D eigenvalue weighted by atomic mass is 10.0. The summed E-state index contributed by atoms with van der Waals surface area (Å²) in [4.78, 5) is 19.1. The molecule has 134 valence electrons. The van der Waals surface area contributed by atoms with Crippen molar-refractivity contribution in [1.82, 2.24) is 20.4 Å². The molecule has 0 spiro atoms. The van der Waals surface area contributed by atoms with Crippen molar-refractivity contribution >= 4 is 5.91 Å². The highest BCUT2D eigenvalue weighted by atomic mass is 16.5. The Morgan fingerprint density at radius 3 is 2.64 bits per heavy atom. The smallest absolute Gasteiger partial charge is 0.257 e. The number of pyridine rings is 1. The Bertz CT molecular complexity index is 703. The molecular formula is C19H26N4O2. The van der Waals surface area contributed by atoms with Crippen LogP contribution in [0, 0.1) is 6.92 Å². The van der Waals surface area contributed by atoms with E-state index in [1.165, 1.54) is 5.56 Å². The standard InChI is InChI=1S/C19H26N4O2/c1-13(2)18-17(14(3)22-25-18)19(24)21-16-6-10-23(11-7-16)12-15-4-8-20-9-5-15/h4-5,8-9,13,16H,6-7,10-12H2,1-3H3,(H,21,24). The molecule has 25 heavy (non-hydrogen) atoms. The number of aryl methyl sites for hydroxylation is 1. The van der Waals surface area contributed by atoms with Gasteiger partial charge in [0.15, 0.2) is 5.76 Å². The number of piperidine rings is 1. The lowest BCUT2D eigenvalue weighted by molar-refractivity contribution is 0.0906. The lowest BCUT2D eigenvalue weighted by Crippen LogP contribution is -2.44. The van der Waals surface area contributed by atoms with Gasteiger partial charge < -0.3 is 9.84 Å². The first-order chi connectivity index (χ1) is 12.0. The summed E-state index contributed by atoms with van der Waals surface area (Å²) < 4.78 is 5.33. The minimum Gasteiger partial charge on any atom is -0.360 e. The number of carbonyl (C=O) groups excluding carboxylic acids is 1. The number of aromatic nitrogens is 2. The summed E-state index contributed by atoms with van der Waals surface area (Å²) in [6.45, 7) is 8.73. The third-order valence-corrected chi connectivity index (χ3v) is 4.72. The summed E-state index contributed by atoms with van der Waals surface area (Å²) in [7, 11) is 0. The number of nitrogens with zero attached hydrogens (tertiary/aromatic N) is 3. The van der Waals surface area contributed by atoms with Crippen LogP contribution in [0.15, 0.2) is 29.0 Å². The normalized spacial score (nSPS) is 16.3. The number of nitrogens with one attached hydrogen (secondary N) is 1. The average Bonchev–Trinajstić information content (AvgIpc) is 2.99. The van der Waals surface area contributed by atoms with Gasteiger partial charge in [0.25, 0.3) is 5.91 Å². The Morgan fingerprint density at radius 1 is 1.32 bits per heavy atom. The summed E-state index contributed by atoms with van der Waals surface area (Å²) in [6.07, 6.45) is 5.57. The van der Waals surface area contributed by atoms with Gasteiger partial charge in [-0.15, -0.1) is 0 Å². The second kappa shape index (κ2) is 7.78. The summed E-state index contributed by atoms with van der Waals surface area (Å²) in [5, 5.41) is 7.13. The van der Waals surface area contributed by atoms with E-state index in [1.54, 1.807) is 0 Å². The first-order valence-electron chi connectivity index (χ1n) is 8.93. The highest BCUT2D eigenvalue weighted by molar-refractivity contribution is 5.96. The molecule has 1 aliphatic heterocycles. The van der Waals surface area contributed by atoms with Gasteiger partial charge in [-0.1, -0.05) is 19.0 Å². The van der Waals surface area contributed by atoms with Gasteiger partial charge in [-0.2, -0.15) is 0 Å². The van der Waals surface area contributed by atoms with Gasteiger partial charge in [-0.3, -0.25) is 14.7 Å². The van der Waals surface area contributed by atoms with Gasteiger partial charge in [-0.25, -0.2) is 0 Å². The molecule has 6 heteroatoms. The van der Waals surface area contributed by atoms with Gasteiger partial charge >= 0.3 is 0 Å². The van der Waals surface area contributed by atoms with Crippen LogP contribution in [-0.4, -0.2) is 40.1 Å². The third-order valence-electron chi connectivity index (χ3n) is 4.72. The maximum atomic E-state index is 12.7. The largest absolute Gasteiger partial charge is 0.360 e. The van der Waals surface area contributed by atoms with Crippen molar-refractivity contribution in [3.05, 3.63) is 47.1 Å². The third kappa shape index (κ3) is 4.25. The Hall–Kier alpha value is -2.21. The average molecular weight is 342 g/mol. The molecule has 6 nitrogen and oxygen atoms in total. The van der Waals surface area contributed by atoms with E-state index in [0.29, 0.717) is 17.0 Å². The summed E-state index contributed by atoms with van der Waals surface area (Å²) in [5.74, 6) is 0.754. The monoisotopic (exact) mass is 342 g/mol. The Kier molecular flexibility index (Phi) is 5.48. The van der Waals surface area contributed by atoms with Crippen LogP contribution in [0.2, 0.25) is 0 Å². The van der Waals surface area contributed by atoms with Crippen molar-refractivity contribution in [3.8, 4) is 0 Å². The van der Waals surface area contributed by atoms with Crippen molar-refractivity contribution in [2.24, 2.45) is 0 Å². The van der Waals surface area contributed by atoms with Crippen LogP contribution in [0.25, 0.3) is 0 Å². The molecule has 0 unspecified atom stereocenters. The van der Waals surface area contributed by atoms with Crippen molar-refractivity contribution < 1.29 is 9.32 Å². The zero-order valence-electron chi connectivity index (χ0n) is 15.2. The van der Waals surface area contributed by atoms with E-state index in [4.69, 9.17) is 4.52 Å². The van der Waals surface area contributed by atoms with Gasteiger partial charge in [-0.05, 0) is 37.5 Å². The Balaban J connectivity index is 1.54. The van der Waals surface area contributed by atoms with Crippen LogP contribution in [0.4, 0.5) is 0 Å². The van der Waals surface area contributed by atoms with E-state index in [2.05, 4.69) is 32.5 Å². The molecule has 1 amide bonds. The molecule has 0 aromatic carbocycles. The first-order valence-corrected chi connectivity index (χ1v) is 8.93. The number of carbonyl (C=O) groups is 1. The van der Waals surface area contributed by atoms with Gasteiger partial charge in [0.1, 0.15) is 5.56 Å². The predicted molar refractivity (Wildman–Crippen MR) is 95.3 cm³/mol. The van der Waals surface area contributed by atoms with Crippen molar-refractivity contribution in [2.75, 3.05) is 13.1 Å².